The average Bonchev–Trinajstić information content (AvgIpc) is 2.80. The minimum Gasteiger partial charge on any atom is -0.478 e. The van der Waals surface area contributed by atoms with E-state index in [0.29, 0.717) is 0 Å². The van der Waals surface area contributed by atoms with Crippen LogP contribution in [0.1, 0.15) is 17.5 Å². The van der Waals surface area contributed by atoms with Gasteiger partial charge in [-0.1, -0.05) is 42.5 Å². The maximum atomic E-state index is 10.6. The zero-order chi connectivity index (χ0) is 22.8. The number of allylic oxidation sites excluding steroid dienone is 4. The van der Waals surface area contributed by atoms with E-state index in [1.54, 1.807) is 12.3 Å². The third-order valence-electron chi connectivity index (χ3n) is 4.56. The van der Waals surface area contributed by atoms with E-state index in [-0.39, 0.29) is 5.92 Å². The van der Waals surface area contributed by atoms with Gasteiger partial charge in [0.15, 0.2) is 0 Å². The first kappa shape index (κ1) is 22.4. The van der Waals surface area contributed by atoms with Crippen molar-refractivity contribution in [2.24, 2.45) is 15.9 Å². The van der Waals surface area contributed by atoms with Crippen molar-refractivity contribution in [1.29, 1.82) is 0 Å². The molecule has 6 nitrogen and oxygen atoms in total. The summed E-state index contributed by atoms with van der Waals surface area (Å²) in [6, 6.07) is 14.7. The molecular formula is C26H22N2O4. The van der Waals surface area contributed by atoms with Crippen LogP contribution in [0.2, 0.25) is 0 Å². The maximum absolute atomic E-state index is 10.6. The lowest BCUT2D eigenvalue weighted by molar-refractivity contribution is -0.132. The molecule has 1 aliphatic rings. The lowest BCUT2D eigenvalue weighted by Crippen LogP contribution is -2.01. The summed E-state index contributed by atoms with van der Waals surface area (Å²) in [5.41, 5.74) is 4.22. The Labute approximate surface area is 186 Å². The zero-order valence-corrected chi connectivity index (χ0v) is 17.2. The van der Waals surface area contributed by atoms with E-state index in [1.165, 1.54) is 6.08 Å². The van der Waals surface area contributed by atoms with E-state index in [1.807, 2.05) is 60.8 Å². The van der Waals surface area contributed by atoms with E-state index >= 15 is 0 Å². The van der Waals surface area contributed by atoms with Crippen LogP contribution < -0.4 is 0 Å². The van der Waals surface area contributed by atoms with Gasteiger partial charge in [-0.3, -0.25) is 9.98 Å². The number of carboxylic acids is 2. The highest BCUT2D eigenvalue weighted by atomic mass is 16.4. The van der Waals surface area contributed by atoms with Crippen molar-refractivity contribution < 1.29 is 19.8 Å². The van der Waals surface area contributed by atoms with E-state index in [2.05, 4.69) is 22.1 Å². The van der Waals surface area contributed by atoms with Gasteiger partial charge in [-0.05, 0) is 59.5 Å². The van der Waals surface area contributed by atoms with Crippen LogP contribution in [0.25, 0.3) is 12.2 Å². The van der Waals surface area contributed by atoms with E-state index in [0.717, 1.165) is 46.6 Å². The second-order valence-corrected chi connectivity index (χ2v) is 7.03. The molecule has 0 spiro atoms. The first-order chi connectivity index (χ1) is 15.5. The molecule has 0 saturated carbocycles. The van der Waals surface area contributed by atoms with Crippen molar-refractivity contribution in [2.75, 3.05) is 0 Å². The number of benzene rings is 2. The van der Waals surface area contributed by atoms with Gasteiger partial charge >= 0.3 is 11.9 Å². The molecule has 160 valence electrons. The molecule has 0 saturated heterocycles. The van der Waals surface area contributed by atoms with Gasteiger partial charge in [-0.25, -0.2) is 9.59 Å². The zero-order valence-electron chi connectivity index (χ0n) is 17.2. The topological polar surface area (TPSA) is 99.3 Å². The lowest BCUT2D eigenvalue weighted by atomic mass is 9.98. The quantitative estimate of drug-likeness (QED) is 0.431. The Balaban J connectivity index is 1.52. The van der Waals surface area contributed by atoms with Crippen LogP contribution in [-0.2, 0) is 9.59 Å². The average molecular weight is 426 g/mol. The summed E-state index contributed by atoms with van der Waals surface area (Å²) in [5, 5.41) is 17.3. The summed E-state index contributed by atoms with van der Waals surface area (Å²) in [7, 11) is 0. The van der Waals surface area contributed by atoms with Crippen molar-refractivity contribution in [3.63, 3.8) is 0 Å². The first-order valence-electron chi connectivity index (χ1n) is 9.97. The largest absolute Gasteiger partial charge is 0.478 e. The van der Waals surface area contributed by atoms with Crippen LogP contribution in [0.5, 0.6) is 0 Å². The fourth-order valence-corrected chi connectivity index (χ4v) is 2.87. The number of carboxylic acid groups (broad SMARTS) is 2. The number of hydrogen-bond donors (Lipinski definition) is 2. The van der Waals surface area contributed by atoms with E-state index in [9.17, 15) is 9.59 Å². The maximum Gasteiger partial charge on any atom is 0.328 e. The highest BCUT2D eigenvalue weighted by molar-refractivity contribution is 5.87. The SMILES string of the molecule is O=C(O)/C=C/c1ccc(N=CC2=CCC(C=Nc3ccc(/C=C/C(=O)O)cc3)C=C2)cc1. The molecule has 6 heteroatoms. The van der Waals surface area contributed by atoms with Gasteiger partial charge in [0, 0.05) is 30.5 Å². The number of nitrogens with zero attached hydrogens (tertiary/aromatic N) is 2. The number of rotatable bonds is 8. The molecule has 1 unspecified atom stereocenters. The molecule has 1 atom stereocenters. The number of aliphatic imine (C=N–C) groups is 2. The van der Waals surface area contributed by atoms with Gasteiger partial charge < -0.3 is 10.2 Å². The third-order valence-corrected chi connectivity index (χ3v) is 4.56. The fraction of sp³-hybridized carbons (Fsp3) is 0.0769. The van der Waals surface area contributed by atoms with Crippen LogP contribution >= 0.6 is 0 Å². The van der Waals surface area contributed by atoms with Crippen molar-refractivity contribution in [1.82, 2.24) is 0 Å². The van der Waals surface area contributed by atoms with Gasteiger partial charge in [-0.2, -0.15) is 0 Å². The molecule has 1 aliphatic carbocycles. The van der Waals surface area contributed by atoms with Gasteiger partial charge in [0.05, 0.1) is 11.4 Å². The molecule has 0 amide bonds. The van der Waals surface area contributed by atoms with Gasteiger partial charge in [0.1, 0.15) is 0 Å². The fourth-order valence-electron chi connectivity index (χ4n) is 2.87. The van der Waals surface area contributed by atoms with Crippen LogP contribution in [0, 0.1) is 5.92 Å². The smallest absolute Gasteiger partial charge is 0.328 e. The van der Waals surface area contributed by atoms with Crippen molar-refractivity contribution in [3.05, 3.63) is 95.6 Å². The van der Waals surface area contributed by atoms with Crippen LogP contribution in [0.15, 0.2) is 94.5 Å². The standard InChI is InChI=1S/C26H22N2O4/c29-25(30)15-9-19-5-11-23(12-6-19)27-17-21-1-2-22(4-3-21)18-28-24-13-7-20(8-14-24)10-16-26(31)32/h1-3,5-18,22H,4H2,(H,29,30)(H,31,32)/b15-9+,16-10+,27-17?,28-18?. The Bertz CT molecular complexity index is 1140. The molecule has 0 bridgehead atoms. The second kappa shape index (κ2) is 11.2. The minimum atomic E-state index is -0.977. The van der Waals surface area contributed by atoms with E-state index in [4.69, 9.17) is 10.2 Å². The van der Waals surface area contributed by atoms with Crippen molar-refractivity contribution >= 4 is 47.9 Å². The highest BCUT2D eigenvalue weighted by Gasteiger charge is 2.05. The predicted molar refractivity (Wildman–Crippen MR) is 128 cm³/mol. The molecule has 0 fully saturated rings. The van der Waals surface area contributed by atoms with Gasteiger partial charge in [0.2, 0.25) is 0 Å². The molecule has 0 aliphatic heterocycles. The summed E-state index contributed by atoms with van der Waals surface area (Å²) in [6.45, 7) is 0. The second-order valence-electron chi connectivity index (χ2n) is 7.03. The summed E-state index contributed by atoms with van der Waals surface area (Å²) in [5.74, 6) is -1.76. The van der Waals surface area contributed by atoms with Crippen LogP contribution in [0.4, 0.5) is 11.4 Å². The van der Waals surface area contributed by atoms with Crippen LogP contribution in [-0.4, -0.2) is 34.6 Å². The summed E-state index contributed by atoms with van der Waals surface area (Å²) in [4.78, 5) is 30.1. The number of aliphatic carboxylic acids is 2. The number of hydrogen-bond acceptors (Lipinski definition) is 4. The molecule has 0 radical (unpaired) electrons. The van der Waals surface area contributed by atoms with Crippen molar-refractivity contribution in [2.45, 2.75) is 6.42 Å². The van der Waals surface area contributed by atoms with Crippen molar-refractivity contribution in [3.8, 4) is 0 Å². The van der Waals surface area contributed by atoms with Gasteiger partial charge in [0.25, 0.3) is 0 Å². The Kier molecular flexibility index (Phi) is 7.81. The predicted octanol–water partition coefficient (Wildman–Crippen LogP) is 5.49. The molecule has 3 rings (SSSR count). The Morgan fingerprint density at radius 2 is 1.34 bits per heavy atom. The molecule has 0 aromatic heterocycles. The molecule has 0 heterocycles. The Hall–Kier alpha value is -4.32. The molecular weight excluding hydrogens is 404 g/mol. The Morgan fingerprint density at radius 1 is 0.812 bits per heavy atom. The van der Waals surface area contributed by atoms with E-state index < -0.39 is 11.9 Å². The molecule has 2 N–H and O–H groups in total. The lowest BCUT2D eigenvalue weighted by Gasteiger charge is -2.09. The van der Waals surface area contributed by atoms with Crippen LogP contribution in [0.3, 0.4) is 0 Å². The van der Waals surface area contributed by atoms with Gasteiger partial charge in [-0.15, -0.1) is 0 Å². The Morgan fingerprint density at radius 3 is 1.81 bits per heavy atom. The minimum absolute atomic E-state index is 0.194. The molecule has 2 aromatic carbocycles. The normalized spacial score (nSPS) is 16.4. The summed E-state index contributed by atoms with van der Waals surface area (Å²) < 4.78 is 0. The molecule has 2 aromatic rings. The third kappa shape index (κ3) is 7.50. The monoisotopic (exact) mass is 426 g/mol. The highest BCUT2D eigenvalue weighted by Crippen LogP contribution is 2.19. The summed E-state index contributed by atoms with van der Waals surface area (Å²) in [6.07, 6.45) is 16.0. The molecule has 32 heavy (non-hydrogen) atoms. The first-order valence-corrected chi connectivity index (χ1v) is 9.97. The number of carbonyl (C=O) groups is 2. The summed E-state index contributed by atoms with van der Waals surface area (Å²) >= 11 is 0.